The third-order valence-electron chi connectivity index (χ3n) is 2.85. The monoisotopic (exact) mass is 279 g/mol. The first kappa shape index (κ1) is 13.4. The average molecular weight is 280 g/mol. The maximum absolute atomic E-state index is 6.28. The van der Waals surface area contributed by atoms with Crippen LogP contribution in [0.15, 0.2) is 36.4 Å². The highest BCUT2D eigenvalue weighted by atomic mass is 35.5. The second kappa shape index (κ2) is 5.75. The summed E-state index contributed by atoms with van der Waals surface area (Å²) < 4.78 is 0. The van der Waals surface area contributed by atoms with E-state index < -0.39 is 0 Å². The third-order valence-corrected chi connectivity index (χ3v) is 3.40. The van der Waals surface area contributed by atoms with Crippen molar-refractivity contribution in [1.29, 1.82) is 0 Å². The van der Waals surface area contributed by atoms with Gasteiger partial charge in [-0.15, -0.1) is 0 Å². The molecule has 1 N–H and O–H groups in total. The van der Waals surface area contributed by atoms with Crippen molar-refractivity contribution in [1.82, 2.24) is 5.32 Å². The second-order valence-electron chi connectivity index (χ2n) is 4.32. The summed E-state index contributed by atoms with van der Waals surface area (Å²) in [6.07, 6.45) is 0. The van der Waals surface area contributed by atoms with E-state index >= 15 is 0 Å². The predicted molar refractivity (Wildman–Crippen MR) is 79.4 cm³/mol. The van der Waals surface area contributed by atoms with Crippen molar-refractivity contribution in [2.45, 2.75) is 13.5 Å². The zero-order valence-electron chi connectivity index (χ0n) is 10.4. The Morgan fingerprint density at radius 2 is 1.78 bits per heavy atom. The van der Waals surface area contributed by atoms with Crippen LogP contribution in [0.5, 0.6) is 0 Å². The molecule has 2 rings (SSSR count). The van der Waals surface area contributed by atoms with Crippen LogP contribution < -0.4 is 5.32 Å². The molecule has 0 heterocycles. The van der Waals surface area contributed by atoms with Gasteiger partial charge in [-0.25, -0.2) is 0 Å². The Morgan fingerprint density at radius 3 is 2.44 bits per heavy atom. The normalized spacial score (nSPS) is 10.7. The van der Waals surface area contributed by atoms with Gasteiger partial charge >= 0.3 is 0 Å². The first-order valence-corrected chi connectivity index (χ1v) is 6.57. The highest BCUT2D eigenvalue weighted by Gasteiger charge is 2.09. The first-order valence-electron chi connectivity index (χ1n) is 5.81. The minimum Gasteiger partial charge on any atom is -0.316 e. The summed E-state index contributed by atoms with van der Waals surface area (Å²) in [5.74, 6) is 0. The number of halogens is 2. The van der Waals surface area contributed by atoms with Crippen molar-refractivity contribution in [3.8, 4) is 11.1 Å². The van der Waals surface area contributed by atoms with Crippen LogP contribution in [-0.4, -0.2) is 7.05 Å². The van der Waals surface area contributed by atoms with Crippen molar-refractivity contribution < 1.29 is 0 Å². The molecule has 0 atom stereocenters. The van der Waals surface area contributed by atoms with Crippen molar-refractivity contribution in [3.05, 3.63) is 57.6 Å². The van der Waals surface area contributed by atoms with E-state index in [2.05, 4.69) is 30.4 Å². The molecule has 0 saturated heterocycles. The van der Waals surface area contributed by atoms with Gasteiger partial charge in [0.25, 0.3) is 0 Å². The quantitative estimate of drug-likeness (QED) is 0.860. The number of hydrogen-bond donors (Lipinski definition) is 1. The van der Waals surface area contributed by atoms with Gasteiger partial charge in [0.05, 0.1) is 0 Å². The number of rotatable bonds is 3. The van der Waals surface area contributed by atoms with Crippen LogP contribution in [0.4, 0.5) is 0 Å². The summed E-state index contributed by atoms with van der Waals surface area (Å²) >= 11 is 12.2. The molecule has 0 amide bonds. The standard InChI is InChI=1S/C15H15Cl2N/c1-10-3-4-11(9-18-2)14(7-10)13-6-5-12(16)8-15(13)17/h3-8,18H,9H2,1-2H3. The van der Waals surface area contributed by atoms with Crippen LogP contribution in [0.2, 0.25) is 10.0 Å². The summed E-state index contributed by atoms with van der Waals surface area (Å²) in [5.41, 5.74) is 4.63. The zero-order chi connectivity index (χ0) is 13.1. The maximum Gasteiger partial charge on any atom is 0.0499 e. The highest BCUT2D eigenvalue weighted by molar-refractivity contribution is 6.36. The lowest BCUT2D eigenvalue weighted by atomic mass is 9.97. The van der Waals surface area contributed by atoms with Gasteiger partial charge in [0.1, 0.15) is 0 Å². The van der Waals surface area contributed by atoms with E-state index in [0.29, 0.717) is 10.0 Å². The van der Waals surface area contributed by atoms with Crippen molar-refractivity contribution in [2.24, 2.45) is 0 Å². The summed E-state index contributed by atoms with van der Waals surface area (Å²) in [7, 11) is 1.94. The Hall–Kier alpha value is -1.02. The van der Waals surface area contributed by atoms with Gasteiger partial charge in [0, 0.05) is 22.2 Å². The SMILES string of the molecule is CNCc1ccc(C)cc1-c1ccc(Cl)cc1Cl. The molecule has 0 aliphatic heterocycles. The van der Waals surface area contributed by atoms with Gasteiger partial charge in [-0.1, -0.05) is 53.0 Å². The van der Waals surface area contributed by atoms with E-state index in [0.717, 1.165) is 17.7 Å². The molecular weight excluding hydrogens is 265 g/mol. The molecule has 0 bridgehead atoms. The fourth-order valence-corrected chi connectivity index (χ4v) is 2.50. The fraction of sp³-hybridized carbons (Fsp3) is 0.200. The van der Waals surface area contributed by atoms with Crippen LogP contribution in [0, 0.1) is 6.92 Å². The number of nitrogens with one attached hydrogen (secondary N) is 1. The number of benzene rings is 2. The average Bonchev–Trinajstić information content (AvgIpc) is 2.32. The van der Waals surface area contributed by atoms with E-state index in [1.807, 2.05) is 19.2 Å². The molecule has 94 valence electrons. The Kier molecular flexibility index (Phi) is 4.28. The number of hydrogen-bond acceptors (Lipinski definition) is 1. The van der Waals surface area contributed by atoms with E-state index in [9.17, 15) is 0 Å². The Balaban J connectivity index is 2.57. The van der Waals surface area contributed by atoms with Crippen LogP contribution in [0.3, 0.4) is 0 Å². The van der Waals surface area contributed by atoms with E-state index in [1.54, 1.807) is 6.07 Å². The van der Waals surface area contributed by atoms with Crippen molar-refractivity contribution in [2.75, 3.05) is 7.05 Å². The van der Waals surface area contributed by atoms with E-state index in [1.165, 1.54) is 11.1 Å². The summed E-state index contributed by atoms with van der Waals surface area (Å²) in [6, 6.07) is 12.0. The van der Waals surface area contributed by atoms with Crippen LogP contribution in [0.25, 0.3) is 11.1 Å². The Labute approximate surface area is 118 Å². The van der Waals surface area contributed by atoms with Crippen LogP contribution in [-0.2, 0) is 6.54 Å². The highest BCUT2D eigenvalue weighted by Crippen LogP contribution is 2.33. The topological polar surface area (TPSA) is 12.0 Å². The molecule has 0 spiro atoms. The predicted octanol–water partition coefficient (Wildman–Crippen LogP) is 4.69. The summed E-state index contributed by atoms with van der Waals surface area (Å²) in [4.78, 5) is 0. The molecule has 0 aliphatic rings. The van der Waals surface area contributed by atoms with Gasteiger partial charge < -0.3 is 5.32 Å². The van der Waals surface area contributed by atoms with Crippen molar-refractivity contribution in [3.63, 3.8) is 0 Å². The van der Waals surface area contributed by atoms with Gasteiger partial charge in [0.2, 0.25) is 0 Å². The molecule has 3 heteroatoms. The molecule has 0 aromatic heterocycles. The van der Waals surface area contributed by atoms with Gasteiger partial charge in [-0.3, -0.25) is 0 Å². The smallest absolute Gasteiger partial charge is 0.0499 e. The number of aryl methyl sites for hydroxylation is 1. The summed E-state index contributed by atoms with van der Waals surface area (Å²) in [6.45, 7) is 2.89. The van der Waals surface area contributed by atoms with Gasteiger partial charge in [0.15, 0.2) is 0 Å². The lowest BCUT2D eigenvalue weighted by Gasteiger charge is -2.12. The molecular formula is C15H15Cl2N. The molecule has 0 aliphatic carbocycles. The third kappa shape index (κ3) is 2.86. The molecule has 2 aromatic rings. The summed E-state index contributed by atoms with van der Waals surface area (Å²) in [5, 5.41) is 4.52. The van der Waals surface area contributed by atoms with Gasteiger partial charge in [-0.05, 0) is 37.2 Å². The lowest BCUT2D eigenvalue weighted by molar-refractivity contribution is 0.819. The molecule has 0 saturated carbocycles. The fourth-order valence-electron chi connectivity index (χ4n) is 1.99. The van der Waals surface area contributed by atoms with E-state index in [4.69, 9.17) is 23.2 Å². The molecule has 0 fully saturated rings. The molecule has 0 unspecified atom stereocenters. The largest absolute Gasteiger partial charge is 0.316 e. The zero-order valence-corrected chi connectivity index (χ0v) is 11.9. The van der Waals surface area contributed by atoms with E-state index in [-0.39, 0.29) is 0 Å². The Bertz CT molecular complexity index is 564. The molecule has 0 radical (unpaired) electrons. The lowest BCUT2D eigenvalue weighted by Crippen LogP contribution is -2.06. The molecule has 2 aromatic carbocycles. The molecule has 18 heavy (non-hydrogen) atoms. The second-order valence-corrected chi connectivity index (χ2v) is 5.16. The first-order chi connectivity index (χ1) is 8.61. The minimum absolute atomic E-state index is 0.659. The maximum atomic E-state index is 6.28. The Morgan fingerprint density at radius 1 is 1.00 bits per heavy atom. The van der Waals surface area contributed by atoms with Gasteiger partial charge in [-0.2, -0.15) is 0 Å². The van der Waals surface area contributed by atoms with Crippen molar-refractivity contribution >= 4 is 23.2 Å². The minimum atomic E-state index is 0.659. The van der Waals surface area contributed by atoms with Crippen LogP contribution in [0.1, 0.15) is 11.1 Å². The van der Waals surface area contributed by atoms with Crippen LogP contribution >= 0.6 is 23.2 Å². The molecule has 1 nitrogen and oxygen atoms in total.